The second kappa shape index (κ2) is 5.93. The predicted octanol–water partition coefficient (Wildman–Crippen LogP) is 4.02. The maximum absolute atomic E-state index is 13.6. The molecule has 0 saturated heterocycles. The van der Waals surface area contributed by atoms with Crippen LogP contribution in [0.5, 0.6) is 0 Å². The molecule has 0 aliphatic rings. The number of rotatable bonds is 3. The number of hydrogen-bond acceptors (Lipinski definition) is 3. The summed E-state index contributed by atoms with van der Waals surface area (Å²) in [5.74, 6) is -0.882. The maximum atomic E-state index is 13.6. The van der Waals surface area contributed by atoms with Gasteiger partial charge in [-0.1, -0.05) is 6.07 Å². The van der Waals surface area contributed by atoms with E-state index in [2.05, 4.69) is 6.07 Å². The van der Waals surface area contributed by atoms with Crippen molar-refractivity contribution < 1.29 is 8.78 Å². The molecule has 20 heavy (non-hydrogen) atoms. The lowest BCUT2D eigenvalue weighted by Gasteiger charge is -2.08. The molecule has 2 aromatic carbocycles. The molecule has 0 amide bonds. The Kier molecular flexibility index (Phi) is 4.26. The van der Waals surface area contributed by atoms with Crippen molar-refractivity contribution >= 4 is 17.4 Å². The molecule has 0 saturated carbocycles. The Morgan fingerprint density at radius 3 is 2.40 bits per heavy atom. The third-order valence-corrected chi connectivity index (χ3v) is 4.00. The number of nitrogens with two attached hydrogens (primary N) is 1. The van der Waals surface area contributed by atoms with E-state index in [-0.39, 0.29) is 10.6 Å². The molecular weight excluding hydrogens is 278 g/mol. The van der Waals surface area contributed by atoms with Gasteiger partial charge in [0, 0.05) is 11.4 Å². The Morgan fingerprint density at radius 1 is 1.20 bits per heavy atom. The lowest BCUT2D eigenvalue weighted by Crippen LogP contribution is -1.94. The zero-order valence-corrected chi connectivity index (χ0v) is 11.6. The summed E-state index contributed by atoms with van der Waals surface area (Å²) in [6.07, 6.45) is 0. The highest BCUT2D eigenvalue weighted by molar-refractivity contribution is 7.98. The van der Waals surface area contributed by atoms with Gasteiger partial charge < -0.3 is 5.73 Å². The van der Waals surface area contributed by atoms with E-state index in [1.54, 1.807) is 18.2 Å². The monoisotopic (exact) mass is 290 g/mol. The third-order valence-electron chi connectivity index (χ3n) is 2.86. The number of nitriles is 1. The lowest BCUT2D eigenvalue weighted by molar-refractivity contribution is 0.542. The van der Waals surface area contributed by atoms with Crippen molar-refractivity contribution in [2.45, 2.75) is 17.6 Å². The summed E-state index contributed by atoms with van der Waals surface area (Å²) in [4.78, 5) is -0.0389. The zero-order chi connectivity index (χ0) is 14.7. The Morgan fingerprint density at radius 2 is 1.85 bits per heavy atom. The van der Waals surface area contributed by atoms with E-state index in [4.69, 9.17) is 11.0 Å². The Bertz CT molecular complexity index is 670. The Labute approximate surface area is 120 Å². The molecule has 0 aliphatic heterocycles. The van der Waals surface area contributed by atoms with Crippen LogP contribution in [0.3, 0.4) is 0 Å². The summed E-state index contributed by atoms with van der Waals surface area (Å²) in [5, 5.41) is 8.79. The summed E-state index contributed by atoms with van der Waals surface area (Å²) in [6.45, 7) is 1.87. The van der Waals surface area contributed by atoms with Gasteiger partial charge in [-0.05, 0) is 42.3 Å². The van der Waals surface area contributed by atoms with E-state index in [0.29, 0.717) is 11.3 Å². The smallest absolute Gasteiger partial charge is 0.141 e. The molecule has 0 radical (unpaired) electrons. The average molecular weight is 290 g/mol. The van der Waals surface area contributed by atoms with E-state index in [1.165, 1.54) is 0 Å². The predicted molar refractivity (Wildman–Crippen MR) is 76.2 cm³/mol. The Hall–Kier alpha value is -2.06. The van der Waals surface area contributed by atoms with Crippen molar-refractivity contribution in [1.29, 1.82) is 5.26 Å². The fourth-order valence-electron chi connectivity index (χ4n) is 1.79. The second-order valence-corrected chi connectivity index (χ2v) is 5.34. The van der Waals surface area contributed by atoms with Crippen molar-refractivity contribution in [3.63, 3.8) is 0 Å². The van der Waals surface area contributed by atoms with Crippen LogP contribution in [0.1, 0.15) is 16.7 Å². The average Bonchev–Trinajstić information content (AvgIpc) is 2.39. The van der Waals surface area contributed by atoms with Gasteiger partial charge in [0.05, 0.1) is 16.5 Å². The van der Waals surface area contributed by atoms with Crippen molar-refractivity contribution in [2.75, 3.05) is 5.73 Å². The highest BCUT2D eigenvalue weighted by Gasteiger charge is 2.12. The number of nitrogens with zero attached hydrogens (tertiary/aromatic N) is 1. The van der Waals surface area contributed by atoms with Gasteiger partial charge in [0.1, 0.15) is 11.6 Å². The van der Waals surface area contributed by atoms with Crippen LogP contribution in [0.2, 0.25) is 0 Å². The first-order chi connectivity index (χ1) is 9.51. The van der Waals surface area contributed by atoms with Crippen molar-refractivity contribution in [3.05, 3.63) is 58.7 Å². The summed E-state index contributed by atoms with van der Waals surface area (Å²) in [6, 6.07) is 9.52. The number of anilines is 1. The fraction of sp³-hybridized carbons (Fsp3) is 0.133. The molecule has 0 unspecified atom stereocenters. The summed E-state index contributed by atoms with van der Waals surface area (Å²) in [5.41, 5.74) is 7.87. The molecule has 0 aliphatic carbocycles. The van der Waals surface area contributed by atoms with E-state index in [1.807, 2.05) is 6.92 Å². The molecule has 0 heterocycles. The van der Waals surface area contributed by atoms with Crippen LogP contribution in [0, 0.1) is 29.9 Å². The van der Waals surface area contributed by atoms with Crippen LogP contribution >= 0.6 is 11.8 Å². The van der Waals surface area contributed by atoms with Crippen LogP contribution in [-0.4, -0.2) is 0 Å². The van der Waals surface area contributed by atoms with Gasteiger partial charge in [0.15, 0.2) is 0 Å². The summed E-state index contributed by atoms with van der Waals surface area (Å²) >= 11 is 1.07. The normalized spacial score (nSPS) is 10.3. The first-order valence-corrected chi connectivity index (χ1v) is 6.86. The molecule has 0 spiro atoms. The van der Waals surface area contributed by atoms with E-state index in [9.17, 15) is 8.78 Å². The highest BCUT2D eigenvalue weighted by atomic mass is 32.2. The number of halogens is 2. The topological polar surface area (TPSA) is 49.8 Å². The molecule has 0 bridgehead atoms. The minimum Gasteiger partial charge on any atom is -0.399 e. The van der Waals surface area contributed by atoms with Gasteiger partial charge in [-0.15, -0.1) is 11.8 Å². The zero-order valence-electron chi connectivity index (χ0n) is 10.8. The van der Waals surface area contributed by atoms with Gasteiger partial charge >= 0.3 is 0 Å². The minimum atomic E-state index is -0.654. The third kappa shape index (κ3) is 3.09. The minimum absolute atomic E-state index is 0.0389. The van der Waals surface area contributed by atoms with Gasteiger partial charge in [0.2, 0.25) is 0 Å². The van der Waals surface area contributed by atoms with Gasteiger partial charge in [-0.25, -0.2) is 8.78 Å². The van der Waals surface area contributed by atoms with Crippen molar-refractivity contribution in [1.82, 2.24) is 0 Å². The first kappa shape index (κ1) is 14.4. The van der Waals surface area contributed by atoms with Crippen LogP contribution in [-0.2, 0) is 5.75 Å². The second-order valence-electron chi connectivity index (χ2n) is 4.36. The number of nitrogen functional groups attached to an aromatic ring is 1. The van der Waals surface area contributed by atoms with Gasteiger partial charge in [-0.3, -0.25) is 0 Å². The first-order valence-electron chi connectivity index (χ1n) is 5.88. The summed E-state index contributed by atoms with van der Waals surface area (Å²) < 4.78 is 27.3. The van der Waals surface area contributed by atoms with Gasteiger partial charge in [0.25, 0.3) is 0 Å². The maximum Gasteiger partial charge on any atom is 0.141 e. The SMILES string of the molecule is Cc1cc(C#N)ccc1CSc1c(F)cc(N)cc1F. The van der Waals surface area contributed by atoms with E-state index in [0.717, 1.165) is 35.0 Å². The van der Waals surface area contributed by atoms with Crippen LogP contribution in [0.25, 0.3) is 0 Å². The number of thioether (sulfide) groups is 1. The van der Waals surface area contributed by atoms with Crippen LogP contribution in [0.15, 0.2) is 35.2 Å². The lowest BCUT2D eigenvalue weighted by atomic mass is 10.1. The molecule has 2 nitrogen and oxygen atoms in total. The summed E-state index contributed by atoms with van der Waals surface area (Å²) in [7, 11) is 0. The molecule has 2 rings (SSSR count). The molecule has 0 atom stereocenters. The molecule has 0 fully saturated rings. The molecule has 2 aromatic rings. The molecule has 0 aromatic heterocycles. The van der Waals surface area contributed by atoms with Crippen LogP contribution < -0.4 is 5.73 Å². The fourth-order valence-corrected chi connectivity index (χ4v) is 2.81. The highest BCUT2D eigenvalue weighted by Crippen LogP contribution is 2.30. The molecule has 5 heteroatoms. The Balaban J connectivity index is 2.20. The van der Waals surface area contributed by atoms with E-state index < -0.39 is 11.6 Å². The number of benzene rings is 2. The number of aryl methyl sites for hydroxylation is 1. The van der Waals surface area contributed by atoms with Gasteiger partial charge in [-0.2, -0.15) is 5.26 Å². The number of hydrogen-bond donors (Lipinski definition) is 1. The molecule has 2 N–H and O–H groups in total. The molecular formula is C15H12F2N2S. The van der Waals surface area contributed by atoms with Crippen molar-refractivity contribution in [2.24, 2.45) is 0 Å². The van der Waals surface area contributed by atoms with Crippen LogP contribution in [0.4, 0.5) is 14.5 Å². The van der Waals surface area contributed by atoms with E-state index >= 15 is 0 Å². The van der Waals surface area contributed by atoms with Crippen molar-refractivity contribution in [3.8, 4) is 6.07 Å². The quantitative estimate of drug-likeness (QED) is 0.686. The standard InChI is InChI=1S/C15H12F2N2S/c1-9-4-10(7-18)2-3-11(9)8-20-15-13(16)5-12(19)6-14(15)17/h2-6H,8,19H2,1H3. The molecule has 102 valence electrons. The largest absolute Gasteiger partial charge is 0.399 e.